The summed E-state index contributed by atoms with van der Waals surface area (Å²) in [5.74, 6) is 1.70. The Morgan fingerprint density at radius 1 is 1.03 bits per heavy atom. The molecule has 0 radical (unpaired) electrons. The first-order valence-electron chi connectivity index (χ1n) is 12.4. The van der Waals surface area contributed by atoms with Crippen molar-refractivity contribution in [2.45, 2.75) is 38.7 Å². The lowest BCUT2D eigenvalue weighted by atomic mass is 9.95. The van der Waals surface area contributed by atoms with Crippen LogP contribution < -0.4 is 5.32 Å². The van der Waals surface area contributed by atoms with E-state index in [4.69, 9.17) is 9.73 Å². The maximum absolute atomic E-state index is 12.6. The number of rotatable bonds is 6. The maximum atomic E-state index is 12.6. The zero-order valence-corrected chi connectivity index (χ0v) is 22.3. The lowest BCUT2D eigenvalue weighted by molar-refractivity contribution is -0.133. The van der Waals surface area contributed by atoms with Crippen LogP contribution in [0.3, 0.4) is 0 Å². The third-order valence-corrected chi connectivity index (χ3v) is 6.89. The van der Waals surface area contributed by atoms with Crippen LogP contribution in [0.25, 0.3) is 0 Å². The second-order valence-electron chi connectivity index (χ2n) is 9.15. The van der Waals surface area contributed by atoms with Gasteiger partial charge in [0.2, 0.25) is 5.91 Å². The Morgan fingerprint density at radius 2 is 1.76 bits per heavy atom. The van der Waals surface area contributed by atoms with Gasteiger partial charge in [-0.2, -0.15) is 0 Å². The summed E-state index contributed by atoms with van der Waals surface area (Å²) in [6, 6.07) is 10.5. The Bertz CT molecular complexity index is 748. The van der Waals surface area contributed by atoms with Crippen LogP contribution in [0, 0.1) is 5.92 Å². The summed E-state index contributed by atoms with van der Waals surface area (Å²) in [6.07, 6.45) is 4.75. The van der Waals surface area contributed by atoms with Gasteiger partial charge in [0, 0.05) is 64.9 Å². The van der Waals surface area contributed by atoms with Gasteiger partial charge in [0.25, 0.3) is 0 Å². The topological polar surface area (TPSA) is 60.4 Å². The molecular formula is C25H40IN5O2. The van der Waals surface area contributed by atoms with Crippen LogP contribution in [0.5, 0.6) is 0 Å². The van der Waals surface area contributed by atoms with Crippen LogP contribution in [0.1, 0.15) is 44.3 Å². The van der Waals surface area contributed by atoms with E-state index in [1.165, 1.54) is 12.0 Å². The first kappa shape index (κ1) is 26.2. The van der Waals surface area contributed by atoms with Gasteiger partial charge in [-0.1, -0.05) is 30.3 Å². The van der Waals surface area contributed by atoms with E-state index in [0.29, 0.717) is 18.4 Å². The van der Waals surface area contributed by atoms with Gasteiger partial charge in [0.05, 0.1) is 12.6 Å². The summed E-state index contributed by atoms with van der Waals surface area (Å²) in [6.45, 7) is 10.6. The summed E-state index contributed by atoms with van der Waals surface area (Å²) < 4.78 is 6.04. The number of carbonyl (C=O) groups excluding carboxylic acids is 1. The second kappa shape index (κ2) is 13.5. The van der Waals surface area contributed by atoms with Gasteiger partial charge in [-0.3, -0.25) is 14.7 Å². The van der Waals surface area contributed by atoms with Crippen molar-refractivity contribution >= 4 is 35.8 Å². The van der Waals surface area contributed by atoms with Crippen LogP contribution in [-0.4, -0.2) is 92.1 Å². The number of hydrogen-bond donors (Lipinski definition) is 1. The highest BCUT2D eigenvalue weighted by molar-refractivity contribution is 14.0. The molecule has 0 aliphatic carbocycles. The van der Waals surface area contributed by atoms with E-state index in [0.717, 1.165) is 84.2 Å². The second-order valence-corrected chi connectivity index (χ2v) is 9.15. The molecule has 0 spiro atoms. The summed E-state index contributed by atoms with van der Waals surface area (Å²) in [7, 11) is 0. The van der Waals surface area contributed by atoms with Crippen LogP contribution in [0.15, 0.2) is 35.3 Å². The Hall–Kier alpha value is -1.39. The van der Waals surface area contributed by atoms with Crippen molar-refractivity contribution in [1.82, 2.24) is 20.0 Å². The zero-order valence-electron chi connectivity index (χ0n) is 20.0. The quantitative estimate of drug-likeness (QED) is 0.325. The molecule has 7 nitrogen and oxygen atoms in total. The van der Waals surface area contributed by atoms with E-state index in [-0.39, 0.29) is 30.1 Å². The Labute approximate surface area is 215 Å². The molecule has 3 fully saturated rings. The number of amides is 1. The summed E-state index contributed by atoms with van der Waals surface area (Å²) in [4.78, 5) is 24.3. The van der Waals surface area contributed by atoms with Crippen molar-refractivity contribution in [3.63, 3.8) is 0 Å². The number of benzene rings is 1. The fourth-order valence-corrected chi connectivity index (χ4v) is 5.01. The normalized spacial score (nSPS) is 24.5. The Kier molecular flexibility index (Phi) is 10.7. The van der Waals surface area contributed by atoms with E-state index in [9.17, 15) is 4.79 Å². The smallest absolute Gasteiger partial charge is 0.236 e. The van der Waals surface area contributed by atoms with Gasteiger partial charge < -0.3 is 19.9 Å². The van der Waals surface area contributed by atoms with Crippen molar-refractivity contribution in [2.75, 3.05) is 65.5 Å². The van der Waals surface area contributed by atoms with E-state index in [1.807, 2.05) is 4.90 Å². The Morgan fingerprint density at radius 3 is 2.45 bits per heavy atom. The molecule has 1 amide bonds. The van der Waals surface area contributed by atoms with Crippen LogP contribution >= 0.6 is 24.0 Å². The molecule has 1 aromatic carbocycles. The number of guanidine groups is 1. The average molecular weight is 570 g/mol. The predicted octanol–water partition coefficient (Wildman–Crippen LogP) is 2.98. The first-order chi connectivity index (χ1) is 15.7. The van der Waals surface area contributed by atoms with Gasteiger partial charge >= 0.3 is 0 Å². The number of aliphatic imine (C=N–C) groups is 1. The molecule has 3 heterocycles. The van der Waals surface area contributed by atoms with Crippen LogP contribution in [0.2, 0.25) is 0 Å². The number of carbonyl (C=O) groups is 1. The molecule has 184 valence electrons. The monoisotopic (exact) mass is 569 g/mol. The van der Waals surface area contributed by atoms with Crippen molar-refractivity contribution in [2.24, 2.45) is 10.9 Å². The number of ether oxygens (including phenoxy) is 1. The summed E-state index contributed by atoms with van der Waals surface area (Å²) >= 11 is 0. The van der Waals surface area contributed by atoms with Crippen molar-refractivity contribution in [3.8, 4) is 0 Å². The van der Waals surface area contributed by atoms with E-state index in [2.05, 4.69) is 52.4 Å². The third-order valence-electron chi connectivity index (χ3n) is 6.89. The van der Waals surface area contributed by atoms with Gasteiger partial charge in [0.15, 0.2) is 5.96 Å². The molecule has 3 saturated heterocycles. The van der Waals surface area contributed by atoms with Gasteiger partial charge in [0.1, 0.15) is 0 Å². The SMILES string of the molecule is CCNC(=NCC1CCOC1c1ccccc1)N1CCN(CC(=O)N2CCCCC2)CC1.I. The van der Waals surface area contributed by atoms with Gasteiger partial charge in [-0.15, -0.1) is 24.0 Å². The summed E-state index contributed by atoms with van der Waals surface area (Å²) in [5, 5.41) is 3.48. The number of nitrogens with zero attached hydrogens (tertiary/aromatic N) is 4. The number of piperidine rings is 1. The number of halogens is 1. The highest BCUT2D eigenvalue weighted by atomic mass is 127. The molecule has 0 aromatic heterocycles. The molecule has 8 heteroatoms. The minimum absolute atomic E-state index is 0. The van der Waals surface area contributed by atoms with Gasteiger partial charge in [-0.05, 0) is 38.2 Å². The molecule has 33 heavy (non-hydrogen) atoms. The van der Waals surface area contributed by atoms with Crippen molar-refractivity contribution < 1.29 is 9.53 Å². The standard InChI is InChI=1S/C25H39N5O2.HI/c1-2-26-25(27-19-22-11-18-32-24(22)21-9-5-3-6-10-21)30-16-14-28(15-17-30)20-23(31)29-12-7-4-8-13-29;/h3,5-6,9-10,22,24H,2,4,7-8,11-20H2,1H3,(H,26,27);1H. The molecule has 3 aliphatic rings. The van der Waals surface area contributed by atoms with Crippen molar-refractivity contribution in [1.29, 1.82) is 0 Å². The first-order valence-corrected chi connectivity index (χ1v) is 12.4. The minimum Gasteiger partial charge on any atom is -0.373 e. The molecule has 1 aromatic rings. The number of likely N-dealkylation sites (tertiary alicyclic amines) is 1. The highest BCUT2D eigenvalue weighted by Gasteiger charge is 2.30. The highest BCUT2D eigenvalue weighted by Crippen LogP contribution is 2.34. The van der Waals surface area contributed by atoms with Crippen LogP contribution in [-0.2, 0) is 9.53 Å². The third kappa shape index (κ3) is 7.29. The van der Waals surface area contributed by atoms with Crippen molar-refractivity contribution in [3.05, 3.63) is 35.9 Å². The van der Waals surface area contributed by atoms with E-state index in [1.54, 1.807) is 0 Å². The largest absolute Gasteiger partial charge is 0.373 e. The van der Waals surface area contributed by atoms with E-state index < -0.39 is 0 Å². The summed E-state index contributed by atoms with van der Waals surface area (Å²) in [5.41, 5.74) is 1.25. The molecule has 2 atom stereocenters. The van der Waals surface area contributed by atoms with Gasteiger partial charge in [-0.25, -0.2) is 0 Å². The molecule has 0 bridgehead atoms. The number of piperazine rings is 1. The maximum Gasteiger partial charge on any atom is 0.236 e. The van der Waals surface area contributed by atoms with Crippen LogP contribution in [0.4, 0.5) is 0 Å². The molecule has 2 unspecified atom stereocenters. The molecular weight excluding hydrogens is 529 g/mol. The fourth-order valence-electron chi connectivity index (χ4n) is 5.01. The molecule has 0 saturated carbocycles. The molecule has 1 N–H and O–H groups in total. The lowest BCUT2D eigenvalue weighted by Crippen LogP contribution is -2.54. The molecule has 3 aliphatic heterocycles. The Balaban J connectivity index is 0.00000306. The predicted molar refractivity (Wildman–Crippen MR) is 143 cm³/mol. The fraction of sp³-hybridized carbons (Fsp3) is 0.680. The number of hydrogen-bond acceptors (Lipinski definition) is 4. The average Bonchev–Trinajstić information content (AvgIpc) is 3.32. The lowest BCUT2D eigenvalue weighted by Gasteiger charge is -2.37. The zero-order chi connectivity index (χ0) is 22.2. The minimum atomic E-state index is 0. The molecule has 4 rings (SSSR count). The number of nitrogens with one attached hydrogen (secondary N) is 1. The van der Waals surface area contributed by atoms with E-state index >= 15 is 0 Å².